The Hall–Kier alpha value is -0.220. The van der Waals surface area contributed by atoms with Crippen LogP contribution in [-0.2, 0) is 4.79 Å². The quantitative estimate of drug-likeness (QED) is 0.684. The first-order chi connectivity index (χ1) is 7.67. The van der Waals surface area contributed by atoms with Gasteiger partial charge in [-0.05, 0) is 37.2 Å². The van der Waals surface area contributed by atoms with Gasteiger partial charge in [-0.1, -0.05) is 19.8 Å². The van der Waals surface area contributed by atoms with Crippen LogP contribution in [0.4, 0.5) is 0 Å². The highest BCUT2D eigenvalue weighted by atomic mass is 32.2. The van der Waals surface area contributed by atoms with Crippen molar-refractivity contribution in [2.24, 2.45) is 11.7 Å². The van der Waals surface area contributed by atoms with E-state index >= 15 is 0 Å². The van der Waals surface area contributed by atoms with E-state index in [0.717, 1.165) is 30.9 Å². The van der Waals surface area contributed by atoms with Gasteiger partial charge in [0.25, 0.3) is 0 Å². The maximum Gasteiger partial charge on any atom is 0.237 e. The largest absolute Gasteiger partial charge is 0.352 e. The number of nitrogens with two attached hydrogens (primary N) is 1. The Morgan fingerprint density at radius 3 is 2.75 bits per heavy atom. The molecule has 1 unspecified atom stereocenters. The van der Waals surface area contributed by atoms with Crippen LogP contribution in [0.5, 0.6) is 0 Å². The van der Waals surface area contributed by atoms with Gasteiger partial charge in [-0.2, -0.15) is 11.8 Å². The van der Waals surface area contributed by atoms with Gasteiger partial charge in [0, 0.05) is 6.04 Å². The van der Waals surface area contributed by atoms with Gasteiger partial charge in [0.2, 0.25) is 5.91 Å². The van der Waals surface area contributed by atoms with Crippen LogP contribution in [0.15, 0.2) is 0 Å². The number of thioether (sulfide) groups is 1. The van der Waals surface area contributed by atoms with Crippen molar-refractivity contribution in [3.05, 3.63) is 0 Å². The second kappa shape index (κ2) is 7.17. The molecule has 0 aliphatic heterocycles. The van der Waals surface area contributed by atoms with Crippen molar-refractivity contribution in [3.63, 3.8) is 0 Å². The second-order valence-corrected chi connectivity index (χ2v) is 5.67. The molecule has 1 saturated carbocycles. The summed E-state index contributed by atoms with van der Waals surface area (Å²) in [6.07, 6.45) is 7.63. The summed E-state index contributed by atoms with van der Waals surface area (Å²) in [6, 6.07) is 0.000956. The summed E-state index contributed by atoms with van der Waals surface area (Å²) in [5.41, 5.74) is 5.83. The van der Waals surface area contributed by atoms with Crippen LogP contribution in [0.25, 0.3) is 0 Å². The van der Waals surface area contributed by atoms with Crippen LogP contribution in [0.3, 0.4) is 0 Å². The van der Waals surface area contributed by atoms with E-state index in [0.29, 0.717) is 6.04 Å². The first-order valence-corrected chi connectivity index (χ1v) is 7.61. The molecule has 0 aromatic rings. The zero-order valence-electron chi connectivity index (χ0n) is 10.4. The van der Waals surface area contributed by atoms with Crippen LogP contribution < -0.4 is 11.1 Å². The van der Waals surface area contributed by atoms with Crippen molar-refractivity contribution in [2.75, 3.05) is 12.0 Å². The van der Waals surface area contributed by atoms with Crippen LogP contribution in [0, 0.1) is 5.92 Å². The lowest BCUT2D eigenvalue weighted by atomic mass is 10.1. The van der Waals surface area contributed by atoms with Crippen molar-refractivity contribution in [1.82, 2.24) is 5.32 Å². The summed E-state index contributed by atoms with van der Waals surface area (Å²) in [7, 11) is 0. The molecule has 0 spiro atoms. The minimum Gasteiger partial charge on any atom is -0.352 e. The maximum absolute atomic E-state index is 11.8. The summed E-state index contributed by atoms with van der Waals surface area (Å²) in [4.78, 5) is 11.8. The van der Waals surface area contributed by atoms with Crippen molar-refractivity contribution in [3.8, 4) is 0 Å². The topological polar surface area (TPSA) is 55.1 Å². The third-order valence-corrected chi connectivity index (χ3v) is 3.77. The molecule has 1 fully saturated rings. The maximum atomic E-state index is 11.8. The average Bonchev–Trinajstić information content (AvgIpc) is 3.08. The first kappa shape index (κ1) is 13.8. The molecular weight excluding hydrogens is 220 g/mol. The number of rotatable bonds is 8. The number of nitrogens with one attached hydrogen (secondary N) is 1. The Morgan fingerprint density at radius 1 is 1.56 bits per heavy atom. The van der Waals surface area contributed by atoms with Crippen LogP contribution in [0.1, 0.15) is 39.0 Å². The third-order valence-electron chi connectivity index (χ3n) is 3.12. The number of hydrogen-bond donors (Lipinski definition) is 2. The van der Waals surface area contributed by atoms with Crippen LogP contribution >= 0.6 is 11.8 Å². The van der Waals surface area contributed by atoms with E-state index in [-0.39, 0.29) is 11.9 Å². The fourth-order valence-corrected chi connectivity index (χ4v) is 2.26. The molecule has 1 rings (SSSR count). The van der Waals surface area contributed by atoms with E-state index in [9.17, 15) is 4.79 Å². The fourth-order valence-electron chi connectivity index (χ4n) is 1.77. The first-order valence-electron chi connectivity index (χ1n) is 6.22. The molecule has 3 nitrogen and oxygen atoms in total. The minimum absolute atomic E-state index is 0.0292. The second-order valence-electron chi connectivity index (χ2n) is 4.68. The molecule has 1 aliphatic rings. The standard InChI is InChI=1S/C12H24N2OS/c1-3-10(8-9-4-5-9)14-12(15)11(13)6-7-16-2/h9-11H,3-8,13H2,1-2H3,(H,14,15)/t10?,11-/m1/s1. The predicted octanol–water partition coefficient (Wildman–Crippen LogP) is 1.76. The highest BCUT2D eigenvalue weighted by Crippen LogP contribution is 2.34. The number of amides is 1. The monoisotopic (exact) mass is 244 g/mol. The summed E-state index contributed by atoms with van der Waals surface area (Å²) >= 11 is 1.73. The molecule has 3 N–H and O–H groups in total. The van der Waals surface area contributed by atoms with E-state index in [1.165, 1.54) is 12.8 Å². The SMILES string of the molecule is CCC(CC1CC1)NC(=O)[C@H](N)CCSC. The van der Waals surface area contributed by atoms with Crippen molar-refractivity contribution in [1.29, 1.82) is 0 Å². The third kappa shape index (κ3) is 5.21. The zero-order valence-corrected chi connectivity index (χ0v) is 11.2. The molecule has 0 heterocycles. The smallest absolute Gasteiger partial charge is 0.237 e. The molecule has 0 aromatic carbocycles. The van der Waals surface area contributed by atoms with E-state index < -0.39 is 0 Å². The lowest BCUT2D eigenvalue weighted by molar-refractivity contribution is -0.123. The van der Waals surface area contributed by atoms with Gasteiger partial charge in [0.1, 0.15) is 0 Å². The highest BCUT2D eigenvalue weighted by Gasteiger charge is 2.26. The van der Waals surface area contributed by atoms with Crippen molar-refractivity contribution < 1.29 is 4.79 Å². The molecule has 0 bridgehead atoms. The molecule has 4 heteroatoms. The molecule has 0 aromatic heterocycles. The van der Waals surface area contributed by atoms with Gasteiger partial charge in [0.05, 0.1) is 6.04 Å². The van der Waals surface area contributed by atoms with Gasteiger partial charge in [-0.25, -0.2) is 0 Å². The van der Waals surface area contributed by atoms with E-state index in [1.807, 2.05) is 6.26 Å². The Labute approximate surface area is 103 Å². The van der Waals surface area contributed by atoms with Crippen LogP contribution in [0.2, 0.25) is 0 Å². The van der Waals surface area contributed by atoms with Gasteiger partial charge in [0.15, 0.2) is 0 Å². The van der Waals surface area contributed by atoms with Crippen LogP contribution in [-0.4, -0.2) is 30.0 Å². The molecule has 2 atom stereocenters. The molecule has 94 valence electrons. The van der Waals surface area contributed by atoms with E-state index in [1.54, 1.807) is 11.8 Å². The molecule has 0 saturated heterocycles. The van der Waals surface area contributed by atoms with Crippen molar-refractivity contribution >= 4 is 17.7 Å². The van der Waals surface area contributed by atoms with Gasteiger partial charge in [-0.15, -0.1) is 0 Å². The predicted molar refractivity (Wildman–Crippen MR) is 70.5 cm³/mol. The Kier molecular flexibility index (Phi) is 6.21. The van der Waals surface area contributed by atoms with E-state index in [4.69, 9.17) is 5.73 Å². The summed E-state index contributed by atoms with van der Waals surface area (Å²) in [5, 5.41) is 3.07. The zero-order chi connectivity index (χ0) is 12.0. The Balaban J connectivity index is 2.23. The Bertz CT molecular complexity index is 219. The summed E-state index contributed by atoms with van der Waals surface area (Å²) in [6.45, 7) is 2.13. The lowest BCUT2D eigenvalue weighted by Crippen LogP contribution is -2.45. The molecular formula is C12H24N2OS. The average molecular weight is 244 g/mol. The normalized spacial score (nSPS) is 19.2. The van der Waals surface area contributed by atoms with Gasteiger partial charge in [-0.3, -0.25) is 4.79 Å². The summed E-state index contributed by atoms with van der Waals surface area (Å²) in [5.74, 6) is 1.84. The molecule has 16 heavy (non-hydrogen) atoms. The number of hydrogen-bond acceptors (Lipinski definition) is 3. The Morgan fingerprint density at radius 2 is 2.25 bits per heavy atom. The fraction of sp³-hybridized carbons (Fsp3) is 0.917. The number of carbonyl (C=O) groups excluding carboxylic acids is 1. The highest BCUT2D eigenvalue weighted by molar-refractivity contribution is 7.98. The summed E-state index contributed by atoms with van der Waals surface area (Å²) < 4.78 is 0. The van der Waals surface area contributed by atoms with E-state index in [2.05, 4.69) is 12.2 Å². The molecule has 1 aliphatic carbocycles. The van der Waals surface area contributed by atoms with Gasteiger partial charge < -0.3 is 11.1 Å². The lowest BCUT2D eigenvalue weighted by Gasteiger charge is -2.19. The van der Waals surface area contributed by atoms with Crippen molar-refractivity contribution in [2.45, 2.75) is 51.1 Å². The van der Waals surface area contributed by atoms with Gasteiger partial charge >= 0.3 is 0 Å². The number of carbonyl (C=O) groups is 1. The molecule has 1 amide bonds. The minimum atomic E-state index is -0.333. The molecule has 0 radical (unpaired) electrons.